The van der Waals surface area contributed by atoms with E-state index in [0.29, 0.717) is 0 Å². The Morgan fingerprint density at radius 1 is 1.24 bits per heavy atom. The molecule has 0 amide bonds. The first-order valence-corrected chi connectivity index (χ1v) is 9.95. The summed E-state index contributed by atoms with van der Waals surface area (Å²) in [6.07, 6.45) is 5.74. The highest BCUT2D eigenvalue weighted by Gasteiger charge is 2.79. The van der Waals surface area contributed by atoms with Gasteiger partial charge >= 0.3 is 5.97 Å². The molecule has 2 saturated heterocycles. The molecule has 3 unspecified atom stereocenters. The zero-order valence-electron chi connectivity index (χ0n) is 15.2. The van der Waals surface area contributed by atoms with Gasteiger partial charge in [-0.05, 0) is 68.6 Å². The van der Waals surface area contributed by atoms with E-state index in [-0.39, 0.29) is 41.3 Å². The van der Waals surface area contributed by atoms with Crippen molar-refractivity contribution in [2.24, 2.45) is 34.0 Å². The molecule has 0 radical (unpaired) electrons. The van der Waals surface area contributed by atoms with Crippen LogP contribution in [0.4, 0.5) is 0 Å². The monoisotopic (exact) mass is 350 g/mol. The molecule has 6 fully saturated rings. The first-order chi connectivity index (χ1) is 11.7. The van der Waals surface area contributed by atoms with E-state index >= 15 is 0 Å². The van der Waals surface area contributed by atoms with E-state index in [1.807, 2.05) is 6.92 Å². The molecule has 5 nitrogen and oxygen atoms in total. The summed E-state index contributed by atoms with van der Waals surface area (Å²) in [6, 6.07) is 0. The van der Waals surface area contributed by atoms with Crippen LogP contribution in [0, 0.1) is 34.0 Å². The molecule has 4 bridgehead atoms. The molecule has 140 valence electrons. The first kappa shape index (κ1) is 16.5. The number of hydrogen-bond acceptors (Lipinski definition) is 4. The minimum absolute atomic E-state index is 0.0678. The van der Waals surface area contributed by atoms with Gasteiger partial charge in [0, 0.05) is 5.41 Å². The Labute approximate surface area is 148 Å². The van der Waals surface area contributed by atoms with Crippen molar-refractivity contribution in [3.63, 3.8) is 0 Å². The van der Waals surface area contributed by atoms with Gasteiger partial charge < -0.3 is 20.1 Å². The van der Waals surface area contributed by atoms with E-state index in [0.717, 1.165) is 44.9 Å². The molecule has 1 spiro atoms. The fourth-order valence-electron chi connectivity index (χ4n) is 8.71. The van der Waals surface area contributed by atoms with E-state index in [1.165, 1.54) is 0 Å². The summed E-state index contributed by atoms with van der Waals surface area (Å²) >= 11 is 0. The van der Waals surface area contributed by atoms with Gasteiger partial charge in [-0.2, -0.15) is 0 Å². The van der Waals surface area contributed by atoms with Gasteiger partial charge in [-0.15, -0.1) is 0 Å². The molecule has 6 aliphatic rings. The topological polar surface area (TPSA) is 87.0 Å². The van der Waals surface area contributed by atoms with Crippen LogP contribution in [0.3, 0.4) is 0 Å². The molecule has 0 aromatic heterocycles. The fourth-order valence-corrected chi connectivity index (χ4v) is 8.71. The van der Waals surface area contributed by atoms with Crippen molar-refractivity contribution in [1.82, 2.24) is 0 Å². The van der Waals surface area contributed by atoms with E-state index in [1.54, 1.807) is 0 Å². The van der Waals surface area contributed by atoms with Crippen molar-refractivity contribution in [3.8, 4) is 0 Å². The van der Waals surface area contributed by atoms with Gasteiger partial charge in [0.2, 0.25) is 0 Å². The van der Waals surface area contributed by atoms with Gasteiger partial charge in [0.05, 0.1) is 24.2 Å². The number of carbonyl (C=O) groups is 1. The number of aliphatic hydroxyl groups is 2. The maximum absolute atomic E-state index is 12.1. The summed E-state index contributed by atoms with van der Waals surface area (Å²) in [5, 5.41) is 31.3. The number of aliphatic hydroxyl groups excluding tert-OH is 2. The SMILES string of the molecule is C[C@@]12CCC[C@@](C)(C(=O)O)[C@H]1CC[C@]13CC4CC(O[C@@]4(CO)C1O)[C@H]32. The number of carboxylic acids is 1. The molecule has 6 rings (SSSR count). The molecule has 3 N–H and O–H groups in total. The Morgan fingerprint density at radius 3 is 2.64 bits per heavy atom. The minimum atomic E-state index is -0.755. The summed E-state index contributed by atoms with van der Waals surface area (Å²) in [4.78, 5) is 12.1. The number of hydrogen-bond donors (Lipinski definition) is 3. The molecule has 25 heavy (non-hydrogen) atoms. The van der Waals surface area contributed by atoms with Gasteiger partial charge in [0.25, 0.3) is 0 Å². The van der Waals surface area contributed by atoms with Gasteiger partial charge in [-0.3, -0.25) is 4.79 Å². The molecular weight excluding hydrogens is 320 g/mol. The van der Waals surface area contributed by atoms with Crippen LogP contribution in [0.25, 0.3) is 0 Å². The van der Waals surface area contributed by atoms with Crippen molar-refractivity contribution in [1.29, 1.82) is 0 Å². The molecule has 9 atom stereocenters. The number of fused-ring (bicyclic) bond motifs is 1. The standard InChI is InChI=1S/C20H30O5/c1-17-5-3-6-18(2,16(23)24)13(17)4-7-19-9-11-8-12(14(17)19)25-20(11,10-21)15(19)22/h11-15,21-22H,3-10H2,1-2H3,(H,23,24)/t11?,12?,13-,14-,15?,17+,18+,19+,20+/m0/s1. The molecule has 4 aliphatic carbocycles. The summed E-state index contributed by atoms with van der Waals surface area (Å²) in [6.45, 7) is 4.11. The minimum Gasteiger partial charge on any atom is -0.481 e. The molecule has 4 saturated carbocycles. The molecular formula is C20H30O5. The summed E-state index contributed by atoms with van der Waals surface area (Å²) in [7, 11) is 0. The van der Waals surface area contributed by atoms with Crippen LogP contribution in [-0.2, 0) is 9.53 Å². The highest BCUT2D eigenvalue weighted by atomic mass is 16.5. The van der Waals surface area contributed by atoms with Crippen LogP contribution in [-0.4, -0.2) is 45.7 Å². The number of ether oxygens (including phenoxy) is 1. The van der Waals surface area contributed by atoms with Gasteiger partial charge in [0.15, 0.2) is 0 Å². The van der Waals surface area contributed by atoms with E-state index < -0.39 is 23.1 Å². The highest BCUT2D eigenvalue weighted by molar-refractivity contribution is 5.75. The van der Waals surface area contributed by atoms with Crippen LogP contribution >= 0.6 is 0 Å². The Kier molecular flexibility index (Phi) is 3.04. The first-order valence-electron chi connectivity index (χ1n) is 9.95. The van der Waals surface area contributed by atoms with Crippen molar-refractivity contribution >= 4 is 5.97 Å². The number of rotatable bonds is 2. The average Bonchev–Trinajstić information content (AvgIpc) is 2.93. The second-order valence-electron chi connectivity index (χ2n) is 10.2. The van der Waals surface area contributed by atoms with E-state index in [2.05, 4.69) is 6.92 Å². The zero-order chi connectivity index (χ0) is 17.8. The maximum Gasteiger partial charge on any atom is 0.309 e. The lowest BCUT2D eigenvalue weighted by atomic mass is 9.40. The van der Waals surface area contributed by atoms with Crippen LogP contribution in [0.15, 0.2) is 0 Å². The zero-order valence-corrected chi connectivity index (χ0v) is 15.2. The maximum atomic E-state index is 12.1. The third-order valence-electron chi connectivity index (χ3n) is 9.53. The molecule has 2 aliphatic heterocycles. The van der Waals surface area contributed by atoms with Crippen molar-refractivity contribution in [2.75, 3.05) is 6.61 Å². The number of aliphatic carboxylic acids is 1. The van der Waals surface area contributed by atoms with Gasteiger partial charge in [-0.1, -0.05) is 13.3 Å². The largest absolute Gasteiger partial charge is 0.481 e. The smallest absolute Gasteiger partial charge is 0.309 e. The van der Waals surface area contributed by atoms with Crippen LogP contribution in [0.2, 0.25) is 0 Å². The van der Waals surface area contributed by atoms with Crippen molar-refractivity contribution in [3.05, 3.63) is 0 Å². The third-order valence-corrected chi connectivity index (χ3v) is 9.53. The van der Waals surface area contributed by atoms with Gasteiger partial charge in [-0.25, -0.2) is 0 Å². The molecule has 0 aromatic rings. The van der Waals surface area contributed by atoms with Crippen LogP contribution in [0.1, 0.15) is 58.8 Å². The van der Waals surface area contributed by atoms with Crippen molar-refractivity contribution in [2.45, 2.75) is 76.6 Å². The highest BCUT2D eigenvalue weighted by Crippen LogP contribution is 2.76. The lowest BCUT2D eigenvalue weighted by Gasteiger charge is -2.66. The Morgan fingerprint density at radius 2 is 2.00 bits per heavy atom. The number of carboxylic acid groups (broad SMARTS) is 1. The Hall–Kier alpha value is -0.650. The second-order valence-corrected chi connectivity index (χ2v) is 10.2. The lowest BCUT2D eigenvalue weighted by molar-refractivity contribution is -0.280. The van der Waals surface area contributed by atoms with E-state index in [9.17, 15) is 20.1 Å². The van der Waals surface area contributed by atoms with Crippen LogP contribution in [0.5, 0.6) is 0 Å². The Balaban J connectivity index is 1.61. The quantitative estimate of drug-likeness (QED) is 0.711. The van der Waals surface area contributed by atoms with Gasteiger partial charge in [0.1, 0.15) is 5.60 Å². The summed E-state index contributed by atoms with van der Waals surface area (Å²) in [5.41, 5.74) is -1.72. The van der Waals surface area contributed by atoms with Crippen LogP contribution < -0.4 is 0 Å². The second kappa shape index (κ2) is 4.60. The lowest BCUT2D eigenvalue weighted by Crippen LogP contribution is -2.67. The molecule has 2 heterocycles. The summed E-state index contributed by atoms with van der Waals surface area (Å²) in [5.74, 6) is -0.0623. The van der Waals surface area contributed by atoms with E-state index in [4.69, 9.17) is 4.74 Å². The average molecular weight is 350 g/mol. The van der Waals surface area contributed by atoms with Crippen molar-refractivity contribution < 1.29 is 24.9 Å². The molecule has 5 heteroatoms. The summed E-state index contributed by atoms with van der Waals surface area (Å²) < 4.78 is 6.36. The molecule has 0 aromatic carbocycles. The predicted octanol–water partition coefficient (Wildman–Crippen LogP) is 2.19. The third kappa shape index (κ3) is 1.57. The Bertz CT molecular complexity index is 636. The fraction of sp³-hybridized carbons (Fsp3) is 0.950. The normalized spacial score (nSPS) is 61.8. The predicted molar refractivity (Wildman–Crippen MR) is 89.8 cm³/mol.